The molecule has 0 saturated carbocycles. The average molecular weight is 229 g/mol. The highest BCUT2D eigenvalue weighted by Crippen LogP contribution is 2.05. The minimum Gasteiger partial charge on any atom is -0.385 e. The minimum atomic E-state index is 0.0747. The van der Waals surface area contributed by atoms with Crippen molar-refractivity contribution in [1.82, 2.24) is 15.5 Å². The Kier molecular flexibility index (Phi) is 6.37. The van der Waals surface area contributed by atoms with Crippen LogP contribution in [0.3, 0.4) is 0 Å². The van der Waals surface area contributed by atoms with E-state index >= 15 is 0 Å². The van der Waals surface area contributed by atoms with Crippen LogP contribution >= 0.6 is 0 Å². The van der Waals surface area contributed by atoms with Gasteiger partial charge in [0, 0.05) is 32.8 Å². The Morgan fingerprint density at radius 1 is 1.56 bits per heavy atom. The van der Waals surface area contributed by atoms with E-state index < -0.39 is 0 Å². The molecule has 0 aromatic carbocycles. The quantitative estimate of drug-likeness (QED) is 0.574. The smallest absolute Gasteiger partial charge is 0.233 e. The van der Waals surface area contributed by atoms with Crippen molar-refractivity contribution in [1.29, 1.82) is 0 Å². The number of hydrogen-bond acceptors (Lipinski definition) is 4. The Morgan fingerprint density at radius 2 is 2.38 bits per heavy atom. The summed E-state index contributed by atoms with van der Waals surface area (Å²) in [6, 6.07) is 0.467. The second-order valence-electron chi connectivity index (χ2n) is 4.33. The predicted molar refractivity (Wildman–Crippen MR) is 63.4 cm³/mol. The number of likely N-dealkylation sites (tertiary alicyclic amines) is 1. The first-order valence-electron chi connectivity index (χ1n) is 5.90. The molecule has 5 nitrogen and oxygen atoms in total. The van der Waals surface area contributed by atoms with Crippen LogP contribution in [0, 0.1) is 0 Å². The van der Waals surface area contributed by atoms with Gasteiger partial charge >= 0.3 is 0 Å². The average Bonchev–Trinajstić information content (AvgIpc) is 2.68. The molecule has 1 rings (SSSR count). The third-order valence-corrected chi connectivity index (χ3v) is 2.79. The van der Waals surface area contributed by atoms with Gasteiger partial charge in [0.15, 0.2) is 0 Å². The summed E-state index contributed by atoms with van der Waals surface area (Å²) in [7, 11) is 3.77. The fourth-order valence-electron chi connectivity index (χ4n) is 1.85. The number of methoxy groups -OCH3 is 1. The van der Waals surface area contributed by atoms with Crippen molar-refractivity contribution < 1.29 is 9.53 Å². The molecule has 1 heterocycles. The van der Waals surface area contributed by atoms with Crippen molar-refractivity contribution in [3.05, 3.63) is 0 Å². The van der Waals surface area contributed by atoms with E-state index in [1.54, 1.807) is 7.11 Å². The lowest BCUT2D eigenvalue weighted by atomic mass is 10.2. The first-order valence-corrected chi connectivity index (χ1v) is 5.90. The molecule has 0 aromatic heterocycles. The van der Waals surface area contributed by atoms with E-state index in [4.69, 9.17) is 4.74 Å². The number of amides is 1. The van der Waals surface area contributed by atoms with Gasteiger partial charge in [-0.05, 0) is 26.4 Å². The van der Waals surface area contributed by atoms with Crippen LogP contribution in [0.5, 0.6) is 0 Å². The summed E-state index contributed by atoms with van der Waals surface area (Å²) < 4.78 is 4.90. The molecule has 0 aromatic rings. The lowest BCUT2D eigenvalue weighted by Gasteiger charge is -2.12. The molecule has 2 N–H and O–H groups in total. The third kappa shape index (κ3) is 5.44. The van der Waals surface area contributed by atoms with Crippen molar-refractivity contribution >= 4 is 5.91 Å². The van der Waals surface area contributed by atoms with E-state index in [0.717, 1.165) is 25.9 Å². The Labute approximate surface area is 97.5 Å². The molecule has 94 valence electrons. The van der Waals surface area contributed by atoms with Crippen LogP contribution in [0.25, 0.3) is 0 Å². The fourth-order valence-corrected chi connectivity index (χ4v) is 1.85. The van der Waals surface area contributed by atoms with Crippen LogP contribution < -0.4 is 10.6 Å². The Balaban J connectivity index is 1.97. The molecule has 1 atom stereocenters. The SMILES string of the molecule is COCCCNC(=O)CNC1CCN(C)C1. The van der Waals surface area contributed by atoms with Crippen LogP contribution in [0.15, 0.2) is 0 Å². The number of carbonyl (C=O) groups is 1. The molecule has 0 radical (unpaired) electrons. The van der Waals surface area contributed by atoms with Gasteiger partial charge in [-0.25, -0.2) is 0 Å². The van der Waals surface area contributed by atoms with E-state index in [2.05, 4.69) is 22.6 Å². The maximum atomic E-state index is 11.4. The summed E-state index contributed by atoms with van der Waals surface area (Å²) in [5, 5.41) is 6.13. The highest BCUT2D eigenvalue weighted by Gasteiger charge is 2.19. The first kappa shape index (κ1) is 13.4. The topological polar surface area (TPSA) is 53.6 Å². The summed E-state index contributed by atoms with van der Waals surface area (Å²) in [5.74, 6) is 0.0747. The molecular formula is C11H23N3O2. The number of ether oxygens (including phenoxy) is 1. The molecule has 1 fully saturated rings. The standard InChI is InChI=1S/C11H23N3O2/c1-14-6-4-10(9-14)13-8-11(15)12-5-3-7-16-2/h10,13H,3-9H2,1-2H3,(H,12,15). The lowest BCUT2D eigenvalue weighted by molar-refractivity contribution is -0.120. The molecule has 1 aliphatic heterocycles. The number of likely N-dealkylation sites (N-methyl/N-ethyl adjacent to an activating group) is 1. The van der Waals surface area contributed by atoms with Crippen molar-refractivity contribution in [2.45, 2.75) is 18.9 Å². The normalized spacial score (nSPS) is 21.2. The molecule has 5 heteroatoms. The van der Waals surface area contributed by atoms with Gasteiger partial charge in [-0.2, -0.15) is 0 Å². The van der Waals surface area contributed by atoms with Gasteiger partial charge in [0.2, 0.25) is 5.91 Å². The molecule has 1 aliphatic rings. The molecule has 1 saturated heterocycles. The van der Waals surface area contributed by atoms with Crippen LogP contribution in [0.2, 0.25) is 0 Å². The first-order chi connectivity index (χ1) is 7.72. The molecule has 0 aliphatic carbocycles. The largest absolute Gasteiger partial charge is 0.385 e. The summed E-state index contributed by atoms with van der Waals surface area (Å²) in [6.07, 6.45) is 2.00. The van der Waals surface area contributed by atoms with Gasteiger partial charge in [-0.1, -0.05) is 0 Å². The number of hydrogen-bond donors (Lipinski definition) is 2. The number of nitrogens with one attached hydrogen (secondary N) is 2. The van der Waals surface area contributed by atoms with Gasteiger partial charge in [0.05, 0.1) is 6.54 Å². The van der Waals surface area contributed by atoms with Crippen LogP contribution in [0.4, 0.5) is 0 Å². The second-order valence-corrected chi connectivity index (χ2v) is 4.33. The maximum Gasteiger partial charge on any atom is 0.233 e. The minimum absolute atomic E-state index is 0.0747. The Morgan fingerprint density at radius 3 is 3.00 bits per heavy atom. The van der Waals surface area contributed by atoms with E-state index in [1.165, 1.54) is 0 Å². The van der Waals surface area contributed by atoms with E-state index in [9.17, 15) is 4.79 Å². The zero-order valence-electron chi connectivity index (χ0n) is 10.3. The van der Waals surface area contributed by atoms with Gasteiger partial charge in [0.25, 0.3) is 0 Å². The second kappa shape index (κ2) is 7.60. The molecule has 1 amide bonds. The van der Waals surface area contributed by atoms with Gasteiger partial charge < -0.3 is 20.3 Å². The highest BCUT2D eigenvalue weighted by atomic mass is 16.5. The van der Waals surface area contributed by atoms with Crippen molar-refractivity contribution in [3.63, 3.8) is 0 Å². The van der Waals surface area contributed by atoms with Crippen LogP contribution in [-0.4, -0.2) is 63.8 Å². The van der Waals surface area contributed by atoms with Gasteiger partial charge in [-0.15, -0.1) is 0 Å². The zero-order chi connectivity index (χ0) is 11.8. The lowest BCUT2D eigenvalue weighted by Crippen LogP contribution is -2.40. The van der Waals surface area contributed by atoms with Crippen molar-refractivity contribution in [2.24, 2.45) is 0 Å². The molecule has 0 bridgehead atoms. The number of rotatable bonds is 7. The number of carbonyl (C=O) groups excluding carboxylic acids is 1. The van der Waals surface area contributed by atoms with E-state index in [0.29, 0.717) is 25.7 Å². The maximum absolute atomic E-state index is 11.4. The molecule has 16 heavy (non-hydrogen) atoms. The summed E-state index contributed by atoms with van der Waals surface area (Å²) in [4.78, 5) is 13.7. The van der Waals surface area contributed by atoms with Crippen molar-refractivity contribution in [3.8, 4) is 0 Å². The van der Waals surface area contributed by atoms with Gasteiger partial charge in [0.1, 0.15) is 0 Å². The van der Waals surface area contributed by atoms with E-state index in [1.807, 2.05) is 0 Å². The molecule has 1 unspecified atom stereocenters. The number of nitrogens with zero attached hydrogens (tertiary/aromatic N) is 1. The Hall–Kier alpha value is -0.650. The molecular weight excluding hydrogens is 206 g/mol. The van der Waals surface area contributed by atoms with E-state index in [-0.39, 0.29) is 5.91 Å². The fraction of sp³-hybridized carbons (Fsp3) is 0.909. The van der Waals surface area contributed by atoms with Crippen molar-refractivity contribution in [2.75, 3.05) is 46.9 Å². The third-order valence-electron chi connectivity index (χ3n) is 2.79. The zero-order valence-corrected chi connectivity index (χ0v) is 10.3. The molecule has 0 spiro atoms. The monoisotopic (exact) mass is 229 g/mol. The summed E-state index contributed by atoms with van der Waals surface area (Å²) in [5.41, 5.74) is 0. The van der Waals surface area contributed by atoms with Crippen LogP contribution in [0.1, 0.15) is 12.8 Å². The summed E-state index contributed by atoms with van der Waals surface area (Å²) >= 11 is 0. The highest BCUT2D eigenvalue weighted by molar-refractivity contribution is 5.77. The summed E-state index contributed by atoms with van der Waals surface area (Å²) in [6.45, 7) is 3.97. The Bertz CT molecular complexity index is 211. The van der Waals surface area contributed by atoms with Gasteiger partial charge in [-0.3, -0.25) is 4.79 Å². The predicted octanol–water partition coefficient (Wildman–Crippen LogP) is -0.567. The van der Waals surface area contributed by atoms with Crippen LogP contribution in [-0.2, 0) is 9.53 Å².